The van der Waals surface area contributed by atoms with E-state index >= 15 is 0 Å². The minimum atomic E-state index is 0.320. The summed E-state index contributed by atoms with van der Waals surface area (Å²) in [7, 11) is 0. The van der Waals surface area contributed by atoms with Gasteiger partial charge in [0, 0.05) is 16.4 Å². The molecule has 94 valence electrons. The molecular weight excluding hydrogens is 290 g/mol. The van der Waals surface area contributed by atoms with E-state index in [1.165, 1.54) is 11.8 Å². The van der Waals surface area contributed by atoms with Gasteiger partial charge in [-0.25, -0.2) is 0 Å². The van der Waals surface area contributed by atoms with Gasteiger partial charge in [-0.05, 0) is 43.8 Å². The molecule has 1 saturated heterocycles. The van der Waals surface area contributed by atoms with Gasteiger partial charge < -0.3 is 10.6 Å². The summed E-state index contributed by atoms with van der Waals surface area (Å²) in [6, 6.07) is 10.8. The molecule has 0 spiro atoms. The van der Waals surface area contributed by atoms with Gasteiger partial charge in [-0.15, -0.1) is 0 Å². The zero-order valence-corrected chi connectivity index (χ0v) is 11.7. The van der Waals surface area contributed by atoms with Crippen LogP contribution in [0.25, 0.3) is 10.9 Å². The van der Waals surface area contributed by atoms with Gasteiger partial charge in [-0.1, -0.05) is 22.0 Å². The lowest BCUT2D eigenvalue weighted by molar-refractivity contribution is 0.541. The van der Waals surface area contributed by atoms with E-state index in [0.717, 1.165) is 35.3 Å². The summed E-state index contributed by atoms with van der Waals surface area (Å²) in [6.07, 6.45) is 1.18. The maximum Gasteiger partial charge on any atom is 0.0706 e. The first-order valence-corrected chi connectivity index (χ1v) is 7.12. The van der Waals surface area contributed by atoms with Crippen LogP contribution in [0, 0.1) is 0 Å². The van der Waals surface area contributed by atoms with Crippen molar-refractivity contribution in [1.82, 2.24) is 15.6 Å². The molecule has 1 aromatic carbocycles. The third-order valence-electron chi connectivity index (χ3n) is 3.30. The van der Waals surface area contributed by atoms with Gasteiger partial charge in [0.15, 0.2) is 0 Å². The molecule has 0 bridgehead atoms. The first-order chi connectivity index (χ1) is 8.83. The summed E-state index contributed by atoms with van der Waals surface area (Å²) in [5, 5.41) is 8.16. The number of benzene rings is 1. The first-order valence-electron chi connectivity index (χ1n) is 6.33. The molecule has 1 atom stereocenters. The van der Waals surface area contributed by atoms with Crippen LogP contribution in [-0.2, 0) is 0 Å². The summed E-state index contributed by atoms with van der Waals surface area (Å²) in [5.74, 6) is 0. The van der Waals surface area contributed by atoms with E-state index in [1.54, 1.807) is 0 Å². The normalized spacial score (nSPS) is 20.8. The maximum atomic E-state index is 4.76. The van der Waals surface area contributed by atoms with Crippen LogP contribution in [0.2, 0.25) is 0 Å². The van der Waals surface area contributed by atoms with Gasteiger partial charge in [0.1, 0.15) is 0 Å². The molecule has 0 aliphatic carbocycles. The van der Waals surface area contributed by atoms with Crippen LogP contribution in [0.1, 0.15) is 18.2 Å². The van der Waals surface area contributed by atoms with E-state index in [-0.39, 0.29) is 0 Å². The molecule has 3 nitrogen and oxygen atoms in total. The highest BCUT2D eigenvalue weighted by molar-refractivity contribution is 9.10. The second-order valence-corrected chi connectivity index (χ2v) is 5.55. The van der Waals surface area contributed by atoms with Crippen LogP contribution in [-0.4, -0.2) is 24.6 Å². The first kappa shape index (κ1) is 12.1. The van der Waals surface area contributed by atoms with E-state index in [1.807, 2.05) is 6.07 Å². The molecule has 18 heavy (non-hydrogen) atoms. The third kappa shape index (κ3) is 2.55. The highest BCUT2D eigenvalue weighted by Crippen LogP contribution is 2.21. The standard InChI is InChI=1S/C14H16BrN3/c15-11-3-5-12-10(8-11)2-4-13(18-12)14-9-16-6-1-7-17-14/h2-5,8,14,16-17H,1,6-7,9H2. The molecule has 2 heterocycles. The van der Waals surface area contributed by atoms with Gasteiger partial charge >= 0.3 is 0 Å². The highest BCUT2D eigenvalue weighted by Gasteiger charge is 2.14. The number of nitrogens with zero attached hydrogens (tertiary/aromatic N) is 1. The average Bonchev–Trinajstić information content (AvgIpc) is 2.67. The van der Waals surface area contributed by atoms with E-state index in [0.29, 0.717) is 6.04 Å². The molecule has 3 rings (SSSR count). The van der Waals surface area contributed by atoms with Crippen LogP contribution in [0.4, 0.5) is 0 Å². The Morgan fingerprint density at radius 3 is 3.06 bits per heavy atom. The maximum absolute atomic E-state index is 4.76. The van der Waals surface area contributed by atoms with Crippen LogP contribution in [0.3, 0.4) is 0 Å². The third-order valence-corrected chi connectivity index (χ3v) is 3.79. The van der Waals surface area contributed by atoms with Gasteiger partial charge in [-0.3, -0.25) is 4.98 Å². The Labute approximate surface area is 115 Å². The lowest BCUT2D eigenvalue weighted by Gasteiger charge is -2.15. The molecule has 1 unspecified atom stereocenters. The number of halogens is 1. The number of pyridine rings is 1. The highest BCUT2D eigenvalue weighted by atomic mass is 79.9. The molecule has 1 fully saturated rings. The van der Waals surface area contributed by atoms with Crippen molar-refractivity contribution in [2.75, 3.05) is 19.6 Å². The second kappa shape index (κ2) is 5.34. The summed E-state index contributed by atoms with van der Waals surface area (Å²) < 4.78 is 1.10. The number of fused-ring (bicyclic) bond motifs is 1. The summed E-state index contributed by atoms with van der Waals surface area (Å²) in [6.45, 7) is 3.09. The molecule has 0 saturated carbocycles. The molecule has 1 aliphatic heterocycles. The number of hydrogen-bond acceptors (Lipinski definition) is 3. The fourth-order valence-electron chi connectivity index (χ4n) is 2.32. The van der Waals surface area contributed by atoms with E-state index in [4.69, 9.17) is 4.98 Å². The smallest absolute Gasteiger partial charge is 0.0706 e. The minimum absolute atomic E-state index is 0.320. The fraction of sp³-hybridized carbons (Fsp3) is 0.357. The Bertz CT molecular complexity index is 548. The van der Waals surface area contributed by atoms with Crippen LogP contribution in [0.5, 0.6) is 0 Å². The number of nitrogens with one attached hydrogen (secondary N) is 2. The van der Waals surface area contributed by atoms with Crippen molar-refractivity contribution in [3.63, 3.8) is 0 Å². The summed E-state index contributed by atoms with van der Waals surface area (Å²) in [5.41, 5.74) is 2.18. The van der Waals surface area contributed by atoms with E-state index < -0.39 is 0 Å². The van der Waals surface area contributed by atoms with Gasteiger partial charge in [0.2, 0.25) is 0 Å². The van der Waals surface area contributed by atoms with Crippen molar-refractivity contribution < 1.29 is 0 Å². The van der Waals surface area contributed by atoms with Crippen molar-refractivity contribution in [3.05, 3.63) is 40.5 Å². The van der Waals surface area contributed by atoms with Crippen LogP contribution >= 0.6 is 15.9 Å². The molecule has 1 aromatic heterocycles. The number of hydrogen-bond donors (Lipinski definition) is 2. The molecule has 2 N–H and O–H groups in total. The predicted molar refractivity (Wildman–Crippen MR) is 77.7 cm³/mol. The lowest BCUT2D eigenvalue weighted by atomic mass is 10.1. The van der Waals surface area contributed by atoms with Crippen molar-refractivity contribution in [2.24, 2.45) is 0 Å². The summed E-state index contributed by atoms with van der Waals surface area (Å²) >= 11 is 3.49. The molecular formula is C14H16BrN3. The Morgan fingerprint density at radius 2 is 2.11 bits per heavy atom. The van der Waals surface area contributed by atoms with Crippen molar-refractivity contribution in [2.45, 2.75) is 12.5 Å². The number of rotatable bonds is 1. The number of aromatic nitrogens is 1. The Kier molecular flexibility index (Phi) is 3.59. The SMILES string of the molecule is Brc1ccc2nc(C3CNCCCN3)ccc2c1. The van der Waals surface area contributed by atoms with Crippen molar-refractivity contribution in [1.29, 1.82) is 0 Å². The van der Waals surface area contributed by atoms with Gasteiger partial charge in [0.25, 0.3) is 0 Å². The van der Waals surface area contributed by atoms with E-state index in [9.17, 15) is 0 Å². The van der Waals surface area contributed by atoms with Crippen molar-refractivity contribution in [3.8, 4) is 0 Å². The second-order valence-electron chi connectivity index (χ2n) is 4.64. The fourth-order valence-corrected chi connectivity index (χ4v) is 2.70. The lowest BCUT2D eigenvalue weighted by Crippen LogP contribution is -2.28. The topological polar surface area (TPSA) is 37.0 Å². The monoisotopic (exact) mass is 305 g/mol. The predicted octanol–water partition coefficient (Wildman–Crippen LogP) is 2.62. The minimum Gasteiger partial charge on any atom is -0.315 e. The van der Waals surface area contributed by atoms with Crippen molar-refractivity contribution >= 4 is 26.8 Å². The van der Waals surface area contributed by atoms with E-state index in [2.05, 4.69) is 50.8 Å². The molecule has 1 aliphatic rings. The Morgan fingerprint density at radius 1 is 1.17 bits per heavy atom. The zero-order valence-electron chi connectivity index (χ0n) is 10.1. The summed E-state index contributed by atoms with van der Waals surface area (Å²) in [4.78, 5) is 4.76. The van der Waals surface area contributed by atoms with Gasteiger partial charge in [0.05, 0.1) is 17.3 Å². The average molecular weight is 306 g/mol. The Hall–Kier alpha value is -0.970. The Balaban J connectivity index is 1.94. The van der Waals surface area contributed by atoms with Gasteiger partial charge in [-0.2, -0.15) is 0 Å². The molecule has 0 amide bonds. The molecule has 2 aromatic rings. The quantitative estimate of drug-likeness (QED) is 0.850. The zero-order chi connectivity index (χ0) is 12.4. The van der Waals surface area contributed by atoms with Crippen LogP contribution in [0.15, 0.2) is 34.8 Å². The molecule has 0 radical (unpaired) electrons. The van der Waals surface area contributed by atoms with Crippen LogP contribution < -0.4 is 10.6 Å². The molecule has 4 heteroatoms. The largest absolute Gasteiger partial charge is 0.315 e.